The number of hydrogen-bond acceptors (Lipinski definition) is 7. The van der Waals surface area contributed by atoms with Crippen molar-refractivity contribution >= 4 is 20.0 Å². The molecule has 0 unspecified atom stereocenters. The van der Waals surface area contributed by atoms with Crippen LogP contribution < -0.4 is 4.90 Å². The molecule has 0 atom stereocenters. The maximum atomic E-state index is 15.3. The van der Waals surface area contributed by atoms with Crippen molar-refractivity contribution in [3.63, 3.8) is 0 Å². The van der Waals surface area contributed by atoms with Crippen molar-refractivity contribution in [2.75, 3.05) is 38.1 Å². The highest BCUT2D eigenvalue weighted by Gasteiger charge is 2.37. The standard InChI is InChI=1S/C24H34FN5O2Si/c1-24(2,3)33(5,6)31-16-17-8-7-9-21(22(17)25)18-10-26-23(27-11-18)30-12-19(13-30)28-32-20-14-29(4)15-20/h7-11,20H,12-16H2,1-6H3. The van der Waals surface area contributed by atoms with Crippen molar-refractivity contribution in [1.29, 1.82) is 0 Å². The molecule has 0 bridgehead atoms. The summed E-state index contributed by atoms with van der Waals surface area (Å²) in [6.45, 7) is 14.3. The van der Waals surface area contributed by atoms with Crippen LogP contribution in [-0.4, -0.2) is 68.2 Å². The fraction of sp³-hybridized carbons (Fsp3) is 0.542. The highest BCUT2D eigenvalue weighted by molar-refractivity contribution is 6.74. The molecule has 2 aliphatic rings. The molecule has 0 radical (unpaired) electrons. The number of rotatable bonds is 7. The molecule has 33 heavy (non-hydrogen) atoms. The van der Waals surface area contributed by atoms with Crippen LogP contribution in [0.25, 0.3) is 11.1 Å². The van der Waals surface area contributed by atoms with E-state index in [-0.39, 0.29) is 23.6 Å². The van der Waals surface area contributed by atoms with E-state index < -0.39 is 8.32 Å². The molecule has 1 aromatic heterocycles. The fourth-order valence-corrected chi connectivity index (χ4v) is 4.41. The Kier molecular flexibility index (Phi) is 6.57. The second-order valence-corrected chi connectivity index (χ2v) is 15.4. The van der Waals surface area contributed by atoms with Gasteiger partial charge in [0.2, 0.25) is 5.95 Å². The van der Waals surface area contributed by atoms with Crippen LogP contribution in [0.5, 0.6) is 0 Å². The zero-order valence-corrected chi connectivity index (χ0v) is 21.4. The van der Waals surface area contributed by atoms with Gasteiger partial charge in [0.05, 0.1) is 25.4 Å². The second-order valence-electron chi connectivity index (χ2n) is 10.6. The quantitative estimate of drug-likeness (QED) is 0.443. The van der Waals surface area contributed by atoms with Gasteiger partial charge in [-0.2, -0.15) is 0 Å². The van der Waals surface area contributed by atoms with E-state index >= 15 is 4.39 Å². The van der Waals surface area contributed by atoms with E-state index in [4.69, 9.17) is 9.26 Å². The summed E-state index contributed by atoms with van der Waals surface area (Å²) in [5.74, 6) is 0.337. The van der Waals surface area contributed by atoms with Crippen LogP contribution in [0, 0.1) is 5.82 Å². The van der Waals surface area contributed by atoms with Crippen LogP contribution >= 0.6 is 0 Å². The minimum atomic E-state index is -1.96. The van der Waals surface area contributed by atoms with E-state index in [1.165, 1.54) is 0 Å². The van der Waals surface area contributed by atoms with Gasteiger partial charge in [-0.3, -0.25) is 4.90 Å². The highest BCUT2D eigenvalue weighted by atomic mass is 28.4. The third-order valence-electron chi connectivity index (χ3n) is 6.81. The smallest absolute Gasteiger partial charge is 0.225 e. The fourth-order valence-electron chi connectivity index (χ4n) is 3.46. The molecule has 0 spiro atoms. The zero-order chi connectivity index (χ0) is 23.8. The molecule has 4 rings (SSSR count). The lowest BCUT2D eigenvalue weighted by Crippen LogP contribution is -2.51. The van der Waals surface area contributed by atoms with Crippen molar-refractivity contribution in [2.45, 2.75) is 51.6 Å². The predicted octanol–water partition coefficient (Wildman–Crippen LogP) is 4.31. The summed E-state index contributed by atoms with van der Waals surface area (Å²) in [4.78, 5) is 18.6. The average Bonchev–Trinajstić information content (AvgIpc) is 2.70. The van der Waals surface area contributed by atoms with Crippen LogP contribution in [-0.2, 0) is 15.9 Å². The largest absolute Gasteiger partial charge is 0.412 e. The Bertz CT molecular complexity index is 1010. The SMILES string of the molecule is CN1CC(ON=C2CN(c3ncc(-c4cccc(CO[Si](C)(C)C(C)(C)C)c4F)cn3)C2)C1. The number of hydrogen-bond donors (Lipinski definition) is 0. The minimum Gasteiger partial charge on any atom is -0.412 e. The number of nitrogens with zero attached hydrogens (tertiary/aromatic N) is 5. The first-order valence-electron chi connectivity index (χ1n) is 11.4. The first-order valence-corrected chi connectivity index (χ1v) is 14.3. The van der Waals surface area contributed by atoms with Crippen molar-refractivity contribution < 1.29 is 13.7 Å². The third kappa shape index (κ3) is 5.25. The second kappa shape index (κ2) is 9.12. The molecule has 9 heteroatoms. The highest BCUT2D eigenvalue weighted by Crippen LogP contribution is 2.37. The zero-order valence-electron chi connectivity index (χ0n) is 20.4. The molecule has 2 saturated heterocycles. The van der Waals surface area contributed by atoms with Crippen LogP contribution in [0.3, 0.4) is 0 Å². The van der Waals surface area contributed by atoms with Gasteiger partial charge in [0.25, 0.3) is 0 Å². The van der Waals surface area contributed by atoms with Crippen LogP contribution in [0.4, 0.5) is 10.3 Å². The van der Waals surface area contributed by atoms with Gasteiger partial charge in [0.1, 0.15) is 5.82 Å². The van der Waals surface area contributed by atoms with Gasteiger partial charge in [-0.05, 0) is 25.2 Å². The number of likely N-dealkylation sites (tertiary alicyclic amines) is 1. The van der Waals surface area contributed by atoms with Crippen LogP contribution in [0.15, 0.2) is 35.7 Å². The molecule has 0 N–H and O–H groups in total. The maximum absolute atomic E-state index is 15.3. The Hall–Kier alpha value is -2.36. The van der Waals surface area contributed by atoms with Gasteiger partial charge in [-0.1, -0.05) is 44.1 Å². The summed E-state index contributed by atoms with van der Waals surface area (Å²) in [6.07, 6.45) is 3.55. The normalized spacial score (nSPS) is 17.5. The lowest BCUT2D eigenvalue weighted by Gasteiger charge is -2.36. The Morgan fingerprint density at radius 3 is 2.42 bits per heavy atom. The first kappa shape index (κ1) is 23.8. The summed E-state index contributed by atoms with van der Waals surface area (Å²) in [7, 11) is 0.0968. The molecule has 0 saturated carbocycles. The summed E-state index contributed by atoms with van der Waals surface area (Å²) in [6, 6.07) is 5.40. The molecule has 178 valence electrons. The topological polar surface area (TPSA) is 63.1 Å². The van der Waals surface area contributed by atoms with E-state index in [0.29, 0.717) is 35.7 Å². The number of oxime groups is 1. The third-order valence-corrected chi connectivity index (χ3v) is 11.3. The van der Waals surface area contributed by atoms with Gasteiger partial charge in [0.15, 0.2) is 14.4 Å². The van der Waals surface area contributed by atoms with Gasteiger partial charge in [-0.15, -0.1) is 0 Å². The first-order chi connectivity index (χ1) is 15.5. The van der Waals surface area contributed by atoms with Crippen LogP contribution in [0.1, 0.15) is 26.3 Å². The Labute approximate surface area is 196 Å². The molecule has 2 aliphatic heterocycles. The van der Waals surface area contributed by atoms with Crippen LogP contribution in [0.2, 0.25) is 18.1 Å². The van der Waals surface area contributed by atoms with E-state index in [1.807, 2.05) is 11.0 Å². The predicted molar refractivity (Wildman–Crippen MR) is 131 cm³/mol. The molecular weight excluding hydrogens is 437 g/mol. The van der Waals surface area contributed by atoms with Gasteiger partial charge in [0, 0.05) is 42.2 Å². The Morgan fingerprint density at radius 1 is 1.15 bits per heavy atom. The lowest BCUT2D eigenvalue weighted by molar-refractivity contribution is -0.0416. The average molecular weight is 472 g/mol. The molecule has 7 nitrogen and oxygen atoms in total. The van der Waals surface area contributed by atoms with Crippen molar-refractivity contribution in [2.24, 2.45) is 5.16 Å². The summed E-state index contributed by atoms with van der Waals surface area (Å²) in [5.41, 5.74) is 2.68. The Morgan fingerprint density at radius 2 is 1.82 bits per heavy atom. The molecule has 0 aliphatic carbocycles. The van der Waals surface area contributed by atoms with Crippen molar-refractivity contribution in [3.05, 3.63) is 42.0 Å². The monoisotopic (exact) mass is 471 g/mol. The van der Waals surface area contributed by atoms with Gasteiger partial charge >= 0.3 is 0 Å². The van der Waals surface area contributed by atoms with E-state index in [9.17, 15) is 0 Å². The maximum Gasteiger partial charge on any atom is 0.225 e. The van der Waals surface area contributed by atoms with Gasteiger partial charge < -0.3 is 14.2 Å². The number of benzene rings is 1. The van der Waals surface area contributed by atoms with Gasteiger partial charge in [-0.25, -0.2) is 14.4 Å². The Balaban J connectivity index is 1.37. The number of likely N-dealkylation sites (N-methyl/N-ethyl adjacent to an activating group) is 1. The van der Waals surface area contributed by atoms with E-state index in [2.05, 4.69) is 60.9 Å². The molecule has 0 amide bonds. The van der Waals surface area contributed by atoms with E-state index in [0.717, 1.165) is 18.8 Å². The number of halogens is 1. The number of anilines is 1. The van der Waals surface area contributed by atoms with Crippen molar-refractivity contribution in [1.82, 2.24) is 14.9 Å². The molecular formula is C24H34FN5O2Si. The molecule has 2 fully saturated rings. The summed E-state index contributed by atoms with van der Waals surface area (Å²) >= 11 is 0. The molecule has 3 heterocycles. The minimum absolute atomic E-state index is 0.0756. The molecule has 1 aromatic carbocycles. The summed E-state index contributed by atoms with van der Waals surface area (Å²) < 4.78 is 21.5. The number of aromatic nitrogens is 2. The lowest BCUT2D eigenvalue weighted by atomic mass is 10.1. The summed E-state index contributed by atoms with van der Waals surface area (Å²) in [5, 5.41) is 4.31. The van der Waals surface area contributed by atoms with E-state index in [1.54, 1.807) is 24.5 Å². The van der Waals surface area contributed by atoms with Crippen molar-refractivity contribution in [3.8, 4) is 11.1 Å². The molecule has 2 aromatic rings.